The van der Waals surface area contributed by atoms with Gasteiger partial charge >= 0.3 is 0 Å². The van der Waals surface area contributed by atoms with Crippen LogP contribution in [0.15, 0.2) is 35.3 Å². The zero-order valence-corrected chi connectivity index (χ0v) is 7.62. The van der Waals surface area contributed by atoms with Crippen LogP contribution in [-0.4, -0.2) is 4.32 Å². The molecule has 0 heterocycles. The first-order valence-corrected chi connectivity index (χ1v) is 4.51. The predicted molar refractivity (Wildman–Crippen MR) is 55.4 cm³/mol. The van der Waals surface area contributed by atoms with Crippen LogP contribution >= 0.6 is 24.0 Å². The molecule has 3 heteroatoms. The van der Waals surface area contributed by atoms with Crippen molar-refractivity contribution in [3.63, 3.8) is 0 Å². The quantitative estimate of drug-likeness (QED) is 0.632. The lowest BCUT2D eigenvalue weighted by molar-refractivity contribution is 1.37. The van der Waals surface area contributed by atoms with E-state index in [1.54, 1.807) is 0 Å². The Kier molecular flexibility index (Phi) is 3.39. The van der Waals surface area contributed by atoms with E-state index in [-0.39, 0.29) is 0 Å². The Morgan fingerprint density at radius 2 is 2.27 bits per heavy atom. The minimum Gasteiger partial charge on any atom is -0.384 e. The Balaban J connectivity index is 2.57. The highest BCUT2D eigenvalue weighted by Crippen LogP contribution is 2.21. The van der Waals surface area contributed by atoms with Gasteiger partial charge in [-0.05, 0) is 11.3 Å². The number of thioether (sulfide) groups is 1. The topological polar surface area (TPSA) is 26.0 Å². The van der Waals surface area contributed by atoms with Crippen LogP contribution in [0.4, 0.5) is 0 Å². The summed E-state index contributed by atoms with van der Waals surface area (Å²) in [6.07, 6.45) is 11.0. The molecular weight excluding hydrogens is 174 g/mol. The molecule has 0 saturated carbocycles. The lowest BCUT2D eigenvalue weighted by Gasteiger charge is -1.98. The monoisotopic (exact) mass is 183 g/mol. The van der Waals surface area contributed by atoms with Crippen molar-refractivity contribution >= 4 is 28.3 Å². The molecule has 0 aromatic heterocycles. The number of hydrogen-bond acceptors (Lipinski definition) is 2. The fraction of sp³-hybridized carbons (Fsp3) is 0.125. The van der Waals surface area contributed by atoms with Gasteiger partial charge in [-0.3, -0.25) is 0 Å². The van der Waals surface area contributed by atoms with Crippen LogP contribution in [-0.2, 0) is 0 Å². The van der Waals surface area contributed by atoms with Crippen LogP contribution in [0.1, 0.15) is 6.42 Å². The molecule has 1 aliphatic carbocycles. The second-order valence-electron chi connectivity index (χ2n) is 2.07. The van der Waals surface area contributed by atoms with E-state index < -0.39 is 0 Å². The molecule has 11 heavy (non-hydrogen) atoms. The third-order valence-corrected chi connectivity index (χ3v) is 2.21. The summed E-state index contributed by atoms with van der Waals surface area (Å²) in [6.45, 7) is 0. The Morgan fingerprint density at radius 1 is 1.45 bits per heavy atom. The molecule has 0 unspecified atom stereocenters. The molecule has 0 aromatic rings. The predicted octanol–water partition coefficient (Wildman–Crippen LogP) is 2.36. The van der Waals surface area contributed by atoms with E-state index in [9.17, 15) is 0 Å². The van der Waals surface area contributed by atoms with Crippen molar-refractivity contribution in [2.45, 2.75) is 6.42 Å². The first-order valence-electron chi connectivity index (χ1n) is 3.28. The highest BCUT2D eigenvalue weighted by Gasteiger charge is 1.97. The Hall–Kier alpha value is -0.540. The Morgan fingerprint density at radius 3 is 3.00 bits per heavy atom. The molecule has 1 aliphatic rings. The van der Waals surface area contributed by atoms with E-state index in [1.807, 2.05) is 24.3 Å². The third-order valence-electron chi connectivity index (χ3n) is 1.19. The molecule has 0 aromatic carbocycles. The van der Waals surface area contributed by atoms with E-state index in [4.69, 9.17) is 18.0 Å². The average Bonchev–Trinajstić information content (AvgIpc) is 2.14. The second-order valence-corrected chi connectivity index (χ2v) is 3.94. The lowest BCUT2D eigenvalue weighted by Crippen LogP contribution is -2.01. The maximum Gasteiger partial charge on any atom is 0.135 e. The van der Waals surface area contributed by atoms with Crippen LogP contribution < -0.4 is 5.73 Å². The van der Waals surface area contributed by atoms with Crippen molar-refractivity contribution in [3.8, 4) is 0 Å². The molecule has 0 saturated heterocycles. The van der Waals surface area contributed by atoms with Crippen molar-refractivity contribution in [1.82, 2.24) is 0 Å². The highest BCUT2D eigenvalue weighted by atomic mass is 32.2. The van der Waals surface area contributed by atoms with Gasteiger partial charge in [0, 0.05) is 0 Å². The zero-order chi connectivity index (χ0) is 8.10. The van der Waals surface area contributed by atoms with Gasteiger partial charge in [0.15, 0.2) is 0 Å². The summed E-state index contributed by atoms with van der Waals surface area (Å²) in [6, 6.07) is 0. The maximum atomic E-state index is 5.38. The minimum atomic E-state index is 0.486. The van der Waals surface area contributed by atoms with Crippen molar-refractivity contribution in [2.24, 2.45) is 5.73 Å². The van der Waals surface area contributed by atoms with E-state index in [2.05, 4.69) is 6.08 Å². The van der Waals surface area contributed by atoms with Crippen molar-refractivity contribution in [3.05, 3.63) is 35.3 Å². The van der Waals surface area contributed by atoms with Crippen molar-refractivity contribution in [1.29, 1.82) is 0 Å². The maximum absolute atomic E-state index is 5.38. The van der Waals surface area contributed by atoms with Gasteiger partial charge in [-0.25, -0.2) is 0 Å². The molecule has 0 aliphatic heterocycles. The van der Waals surface area contributed by atoms with E-state index in [0.29, 0.717) is 4.32 Å². The van der Waals surface area contributed by atoms with Gasteiger partial charge in [-0.2, -0.15) is 0 Å². The summed E-state index contributed by atoms with van der Waals surface area (Å²) in [4.78, 5) is 1.20. The van der Waals surface area contributed by atoms with Crippen LogP contribution in [0.2, 0.25) is 0 Å². The second kappa shape index (κ2) is 4.36. The first-order chi connectivity index (χ1) is 5.29. The fourth-order valence-electron chi connectivity index (χ4n) is 0.763. The van der Waals surface area contributed by atoms with E-state index in [1.165, 1.54) is 16.7 Å². The normalized spacial score (nSPS) is 15.8. The highest BCUT2D eigenvalue weighted by molar-refractivity contribution is 8.25. The number of hydrogen-bond donors (Lipinski definition) is 1. The van der Waals surface area contributed by atoms with Gasteiger partial charge in [0.25, 0.3) is 0 Å². The van der Waals surface area contributed by atoms with Crippen LogP contribution in [0.5, 0.6) is 0 Å². The summed E-state index contributed by atoms with van der Waals surface area (Å²) in [5, 5.41) is 0. The SMILES string of the molecule is NC(=S)SC1=CC=CC=CC1. The first kappa shape index (κ1) is 8.56. The lowest BCUT2D eigenvalue weighted by atomic mass is 10.4. The van der Waals surface area contributed by atoms with Crippen LogP contribution in [0, 0.1) is 0 Å². The third kappa shape index (κ3) is 3.39. The van der Waals surface area contributed by atoms with Crippen molar-refractivity contribution < 1.29 is 0 Å². The molecule has 1 nitrogen and oxygen atoms in total. The summed E-state index contributed by atoms with van der Waals surface area (Å²) in [5.74, 6) is 0. The number of thiocarbonyl (C=S) groups is 1. The Labute approximate surface area is 76.0 Å². The van der Waals surface area contributed by atoms with Crippen LogP contribution in [0.25, 0.3) is 0 Å². The summed E-state index contributed by atoms with van der Waals surface area (Å²) >= 11 is 6.23. The Bertz CT molecular complexity index is 238. The molecule has 0 amide bonds. The summed E-state index contributed by atoms with van der Waals surface area (Å²) in [5.41, 5.74) is 5.38. The molecule has 0 fully saturated rings. The van der Waals surface area contributed by atoms with Crippen molar-refractivity contribution in [2.75, 3.05) is 0 Å². The zero-order valence-electron chi connectivity index (χ0n) is 5.99. The van der Waals surface area contributed by atoms with Gasteiger partial charge in [-0.15, -0.1) is 0 Å². The number of allylic oxidation sites excluding steroid dienone is 6. The van der Waals surface area contributed by atoms with Gasteiger partial charge in [0.05, 0.1) is 0 Å². The summed E-state index contributed by atoms with van der Waals surface area (Å²) in [7, 11) is 0. The van der Waals surface area contributed by atoms with E-state index in [0.717, 1.165) is 6.42 Å². The van der Waals surface area contributed by atoms with Gasteiger partial charge < -0.3 is 5.73 Å². The molecule has 1 rings (SSSR count). The number of rotatable bonds is 1. The molecule has 2 N–H and O–H groups in total. The fourth-order valence-corrected chi connectivity index (χ4v) is 1.67. The molecular formula is C8H9NS2. The summed E-state index contributed by atoms with van der Waals surface area (Å²) < 4.78 is 0.486. The molecule has 58 valence electrons. The van der Waals surface area contributed by atoms with Gasteiger partial charge in [-0.1, -0.05) is 54.4 Å². The van der Waals surface area contributed by atoms with Gasteiger partial charge in [0.1, 0.15) is 4.32 Å². The molecule has 0 atom stereocenters. The minimum absolute atomic E-state index is 0.486. The van der Waals surface area contributed by atoms with E-state index >= 15 is 0 Å². The van der Waals surface area contributed by atoms with Crippen LogP contribution in [0.3, 0.4) is 0 Å². The van der Waals surface area contributed by atoms with Gasteiger partial charge in [0.2, 0.25) is 0 Å². The average molecular weight is 183 g/mol. The molecule has 0 bridgehead atoms. The molecule has 0 spiro atoms. The number of nitrogens with two attached hydrogens (primary N) is 1. The standard InChI is InChI=1S/C8H9NS2/c9-8(10)11-7-5-3-1-2-4-6-7/h1-5H,6H2,(H2,9,10). The smallest absolute Gasteiger partial charge is 0.135 e. The molecule has 0 radical (unpaired) electrons. The largest absolute Gasteiger partial charge is 0.384 e.